The number of hydrogen-bond donors (Lipinski definition) is 1. The topological polar surface area (TPSA) is 56.8 Å². The number of hydrogen-bond acceptors (Lipinski definition) is 4. The number of methoxy groups -OCH3 is 2. The summed E-state index contributed by atoms with van der Waals surface area (Å²) >= 11 is 11.8. The van der Waals surface area contributed by atoms with Crippen molar-refractivity contribution < 1.29 is 19.0 Å². The van der Waals surface area contributed by atoms with Crippen molar-refractivity contribution in [1.29, 1.82) is 0 Å². The van der Waals surface area contributed by atoms with Gasteiger partial charge in [-0.3, -0.25) is 4.79 Å². The van der Waals surface area contributed by atoms with Gasteiger partial charge in [-0.1, -0.05) is 23.2 Å². The fourth-order valence-electron chi connectivity index (χ4n) is 1.96. The highest BCUT2D eigenvalue weighted by Crippen LogP contribution is 2.27. The molecule has 0 saturated carbocycles. The molecule has 1 amide bonds. The maximum absolute atomic E-state index is 11.9. The van der Waals surface area contributed by atoms with Crippen molar-refractivity contribution in [3.63, 3.8) is 0 Å². The molecule has 0 saturated heterocycles. The van der Waals surface area contributed by atoms with Gasteiger partial charge in [-0.05, 0) is 35.9 Å². The average molecular weight is 370 g/mol. The monoisotopic (exact) mass is 369 g/mol. The Morgan fingerprint density at radius 1 is 1.04 bits per heavy atom. The van der Waals surface area contributed by atoms with E-state index in [1.807, 2.05) is 12.1 Å². The number of rotatable bonds is 7. The van der Waals surface area contributed by atoms with E-state index in [9.17, 15) is 4.79 Å². The molecule has 7 heteroatoms. The number of ether oxygens (including phenoxy) is 3. The van der Waals surface area contributed by atoms with Crippen LogP contribution in [-0.4, -0.2) is 26.7 Å². The minimum atomic E-state index is -0.275. The third-order valence-corrected chi connectivity index (χ3v) is 3.68. The summed E-state index contributed by atoms with van der Waals surface area (Å²) in [5.74, 6) is 1.44. The van der Waals surface area contributed by atoms with E-state index >= 15 is 0 Å². The Balaban J connectivity index is 1.89. The predicted molar refractivity (Wildman–Crippen MR) is 93.3 cm³/mol. The molecule has 2 aromatic rings. The lowest BCUT2D eigenvalue weighted by Crippen LogP contribution is -2.28. The predicted octanol–water partition coefficient (Wildman–Crippen LogP) is 3.71. The summed E-state index contributed by atoms with van der Waals surface area (Å²) in [5.41, 5.74) is 0.851. The molecule has 0 aromatic heterocycles. The van der Waals surface area contributed by atoms with Gasteiger partial charge in [0.25, 0.3) is 5.91 Å². The minimum absolute atomic E-state index is 0.150. The fraction of sp³-hybridized carbons (Fsp3) is 0.235. The average Bonchev–Trinajstić information content (AvgIpc) is 2.58. The minimum Gasteiger partial charge on any atom is -0.497 e. The van der Waals surface area contributed by atoms with Crippen LogP contribution in [0.25, 0.3) is 0 Å². The third kappa shape index (κ3) is 5.22. The summed E-state index contributed by atoms with van der Waals surface area (Å²) in [5, 5.41) is 3.62. The molecule has 128 valence electrons. The summed E-state index contributed by atoms with van der Waals surface area (Å²) in [4.78, 5) is 11.9. The van der Waals surface area contributed by atoms with E-state index in [4.69, 9.17) is 37.4 Å². The van der Waals surface area contributed by atoms with E-state index in [2.05, 4.69) is 5.32 Å². The van der Waals surface area contributed by atoms with Crippen LogP contribution in [0.3, 0.4) is 0 Å². The van der Waals surface area contributed by atoms with Crippen molar-refractivity contribution >= 4 is 29.1 Å². The summed E-state index contributed by atoms with van der Waals surface area (Å²) in [7, 11) is 3.14. The molecule has 0 bridgehead atoms. The van der Waals surface area contributed by atoms with Crippen molar-refractivity contribution in [3.8, 4) is 17.2 Å². The molecule has 2 rings (SSSR count). The largest absolute Gasteiger partial charge is 0.497 e. The first kappa shape index (κ1) is 18.2. The normalized spacial score (nSPS) is 10.2. The maximum Gasteiger partial charge on any atom is 0.258 e. The molecule has 1 N–H and O–H groups in total. The highest BCUT2D eigenvalue weighted by Gasteiger charge is 2.08. The highest BCUT2D eigenvalue weighted by molar-refractivity contribution is 6.35. The third-order valence-electron chi connectivity index (χ3n) is 3.15. The van der Waals surface area contributed by atoms with Gasteiger partial charge in [0.15, 0.2) is 6.61 Å². The van der Waals surface area contributed by atoms with E-state index in [0.29, 0.717) is 33.8 Å². The van der Waals surface area contributed by atoms with Gasteiger partial charge in [0.1, 0.15) is 17.2 Å². The standard InChI is InChI=1S/C17H17Cl2NO4/c1-22-13-5-11(6-14(8-13)23-2)9-20-17(21)10-24-16-4-3-12(18)7-15(16)19/h3-8H,9-10H2,1-2H3,(H,20,21). The summed E-state index contributed by atoms with van der Waals surface area (Å²) in [6, 6.07) is 10.2. The van der Waals surface area contributed by atoms with Crippen LogP contribution in [0.15, 0.2) is 36.4 Å². The Bertz CT molecular complexity index is 699. The van der Waals surface area contributed by atoms with Crippen molar-refractivity contribution in [2.24, 2.45) is 0 Å². The van der Waals surface area contributed by atoms with Gasteiger partial charge in [-0.2, -0.15) is 0 Å². The molecular weight excluding hydrogens is 353 g/mol. The molecule has 5 nitrogen and oxygen atoms in total. The van der Waals surface area contributed by atoms with Gasteiger partial charge < -0.3 is 19.5 Å². The summed E-state index contributed by atoms with van der Waals surface area (Å²) < 4.78 is 15.8. The second kappa shape index (κ2) is 8.66. The molecule has 0 unspecified atom stereocenters. The lowest BCUT2D eigenvalue weighted by atomic mass is 10.2. The van der Waals surface area contributed by atoms with Crippen LogP contribution in [0.2, 0.25) is 10.0 Å². The van der Waals surface area contributed by atoms with Crippen LogP contribution in [0, 0.1) is 0 Å². The second-order valence-corrected chi connectivity index (χ2v) is 5.70. The van der Waals surface area contributed by atoms with Crippen molar-refractivity contribution in [2.75, 3.05) is 20.8 Å². The smallest absolute Gasteiger partial charge is 0.258 e. The first-order chi connectivity index (χ1) is 11.5. The Morgan fingerprint density at radius 2 is 1.71 bits per heavy atom. The van der Waals surface area contributed by atoms with Crippen molar-refractivity contribution in [3.05, 3.63) is 52.0 Å². The molecule has 24 heavy (non-hydrogen) atoms. The molecular formula is C17H17Cl2NO4. The van der Waals surface area contributed by atoms with E-state index in [1.165, 1.54) is 0 Å². The van der Waals surface area contributed by atoms with Crippen LogP contribution >= 0.6 is 23.2 Å². The Labute approximate surface area is 150 Å². The second-order valence-electron chi connectivity index (χ2n) is 4.86. The quantitative estimate of drug-likeness (QED) is 0.808. The van der Waals surface area contributed by atoms with Crippen molar-refractivity contribution in [1.82, 2.24) is 5.32 Å². The highest BCUT2D eigenvalue weighted by atomic mass is 35.5. The number of amides is 1. The van der Waals surface area contributed by atoms with Crippen LogP contribution in [0.1, 0.15) is 5.56 Å². The Kier molecular flexibility index (Phi) is 6.58. The van der Waals surface area contributed by atoms with Gasteiger partial charge in [-0.25, -0.2) is 0 Å². The van der Waals surface area contributed by atoms with Crippen LogP contribution in [0.4, 0.5) is 0 Å². The molecule has 0 aliphatic rings. The molecule has 2 aromatic carbocycles. The van der Waals surface area contributed by atoms with Gasteiger partial charge in [0.2, 0.25) is 0 Å². The molecule has 0 radical (unpaired) electrons. The van der Waals surface area contributed by atoms with Crippen LogP contribution in [0.5, 0.6) is 17.2 Å². The number of benzene rings is 2. The van der Waals surface area contributed by atoms with Gasteiger partial charge in [-0.15, -0.1) is 0 Å². The molecule has 0 heterocycles. The molecule has 0 fully saturated rings. The molecule has 0 aliphatic carbocycles. The lowest BCUT2D eigenvalue weighted by Gasteiger charge is -2.11. The maximum atomic E-state index is 11.9. The van der Waals surface area contributed by atoms with E-state index in [-0.39, 0.29) is 12.5 Å². The summed E-state index contributed by atoms with van der Waals surface area (Å²) in [6.07, 6.45) is 0. The first-order valence-corrected chi connectivity index (χ1v) is 7.84. The molecule has 0 atom stereocenters. The number of carbonyl (C=O) groups excluding carboxylic acids is 1. The van der Waals surface area contributed by atoms with E-state index in [1.54, 1.807) is 38.5 Å². The van der Waals surface area contributed by atoms with Crippen LogP contribution < -0.4 is 19.5 Å². The van der Waals surface area contributed by atoms with E-state index in [0.717, 1.165) is 5.56 Å². The van der Waals surface area contributed by atoms with Gasteiger partial charge in [0, 0.05) is 17.6 Å². The summed E-state index contributed by atoms with van der Waals surface area (Å²) in [6.45, 7) is 0.173. The number of nitrogens with one attached hydrogen (secondary N) is 1. The first-order valence-electron chi connectivity index (χ1n) is 7.08. The van der Waals surface area contributed by atoms with Crippen LogP contribution in [-0.2, 0) is 11.3 Å². The fourth-order valence-corrected chi connectivity index (χ4v) is 2.42. The van der Waals surface area contributed by atoms with Gasteiger partial charge >= 0.3 is 0 Å². The molecule has 0 spiro atoms. The van der Waals surface area contributed by atoms with E-state index < -0.39 is 0 Å². The Hall–Kier alpha value is -2.11. The zero-order valence-electron chi connectivity index (χ0n) is 13.3. The van der Waals surface area contributed by atoms with Gasteiger partial charge in [0.05, 0.1) is 19.2 Å². The number of halogens is 2. The zero-order valence-corrected chi connectivity index (χ0v) is 14.8. The molecule has 0 aliphatic heterocycles. The Morgan fingerprint density at radius 3 is 2.29 bits per heavy atom. The number of carbonyl (C=O) groups is 1. The SMILES string of the molecule is COc1cc(CNC(=O)COc2ccc(Cl)cc2Cl)cc(OC)c1. The lowest BCUT2D eigenvalue weighted by molar-refractivity contribution is -0.123. The zero-order chi connectivity index (χ0) is 17.5. The van der Waals surface area contributed by atoms with Crippen molar-refractivity contribution in [2.45, 2.75) is 6.54 Å².